The number of aromatic nitrogens is 2. The summed E-state index contributed by atoms with van der Waals surface area (Å²) in [5.74, 6) is 0.517. The number of anilines is 2. The molecule has 1 atom stereocenters. The van der Waals surface area contributed by atoms with E-state index in [-0.39, 0.29) is 0 Å². The molecule has 21 heavy (non-hydrogen) atoms. The molecule has 7 nitrogen and oxygen atoms in total. The van der Waals surface area contributed by atoms with Crippen LogP contribution in [0, 0.1) is 0 Å². The largest absolute Gasteiger partial charge is 0.480 e. The monoisotopic (exact) mass is 287 g/mol. The van der Waals surface area contributed by atoms with Crippen molar-refractivity contribution in [2.75, 3.05) is 36.9 Å². The number of carbonyl (C=O) groups is 1. The Balaban J connectivity index is 2.00. The van der Waals surface area contributed by atoms with E-state index in [4.69, 9.17) is 5.11 Å². The van der Waals surface area contributed by atoms with E-state index in [9.17, 15) is 4.79 Å². The Kier molecular flexibility index (Phi) is 3.57. The molecule has 0 amide bonds. The van der Waals surface area contributed by atoms with Crippen LogP contribution in [0.1, 0.15) is 0 Å². The maximum atomic E-state index is 11.2. The Bertz CT molecular complexity index is 675. The molecule has 7 heteroatoms. The van der Waals surface area contributed by atoms with Gasteiger partial charge in [0.2, 0.25) is 0 Å². The first-order valence-corrected chi connectivity index (χ1v) is 6.84. The summed E-state index contributed by atoms with van der Waals surface area (Å²) >= 11 is 0. The minimum atomic E-state index is -0.848. The zero-order chi connectivity index (χ0) is 14.8. The van der Waals surface area contributed by atoms with Crippen LogP contribution in [0.5, 0.6) is 0 Å². The van der Waals surface area contributed by atoms with Crippen molar-refractivity contribution in [3.05, 3.63) is 24.3 Å². The highest BCUT2D eigenvalue weighted by molar-refractivity contribution is 5.81. The summed E-state index contributed by atoms with van der Waals surface area (Å²) in [6, 6.07) is 7.06. The van der Waals surface area contributed by atoms with E-state index in [2.05, 4.69) is 20.6 Å². The normalized spacial score (nSPS) is 18.7. The van der Waals surface area contributed by atoms with Gasteiger partial charge in [0.1, 0.15) is 6.04 Å². The van der Waals surface area contributed by atoms with Crippen molar-refractivity contribution in [2.24, 2.45) is 0 Å². The number of carboxylic acids is 1. The van der Waals surface area contributed by atoms with Crippen LogP contribution in [-0.4, -0.2) is 53.8 Å². The first-order chi connectivity index (χ1) is 10.2. The van der Waals surface area contributed by atoms with E-state index in [1.807, 2.05) is 29.2 Å². The maximum Gasteiger partial charge on any atom is 0.322 e. The number of piperazine rings is 1. The summed E-state index contributed by atoms with van der Waals surface area (Å²) in [6.45, 7) is 1.68. The van der Waals surface area contributed by atoms with Crippen molar-refractivity contribution >= 4 is 28.6 Å². The smallest absolute Gasteiger partial charge is 0.322 e. The van der Waals surface area contributed by atoms with Crippen molar-refractivity contribution in [3.8, 4) is 0 Å². The summed E-state index contributed by atoms with van der Waals surface area (Å²) in [5.41, 5.74) is 1.62. The van der Waals surface area contributed by atoms with Crippen LogP contribution in [-0.2, 0) is 4.79 Å². The quantitative estimate of drug-likeness (QED) is 0.758. The minimum Gasteiger partial charge on any atom is -0.480 e. The number of carboxylic acid groups (broad SMARTS) is 1. The molecule has 110 valence electrons. The van der Waals surface area contributed by atoms with Crippen LogP contribution in [0.4, 0.5) is 11.6 Å². The highest BCUT2D eigenvalue weighted by Gasteiger charge is 2.27. The van der Waals surface area contributed by atoms with Gasteiger partial charge in [-0.1, -0.05) is 12.1 Å². The van der Waals surface area contributed by atoms with Gasteiger partial charge in [0.15, 0.2) is 11.6 Å². The molecule has 1 saturated heterocycles. The molecule has 0 aliphatic carbocycles. The highest BCUT2D eigenvalue weighted by atomic mass is 16.4. The zero-order valence-electron chi connectivity index (χ0n) is 11.7. The molecule has 0 radical (unpaired) electrons. The van der Waals surface area contributed by atoms with E-state index in [1.165, 1.54) is 0 Å². The van der Waals surface area contributed by atoms with Crippen LogP contribution in [0.15, 0.2) is 24.3 Å². The summed E-state index contributed by atoms with van der Waals surface area (Å²) in [6.07, 6.45) is 0. The van der Waals surface area contributed by atoms with Gasteiger partial charge in [-0.3, -0.25) is 4.79 Å². The lowest BCUT2D eigenvalue weighted by atomic mass is 10.2. The van der Waals surface area contributed by atoms with Crippen molar-refractivity contribution in [1.29, 1.82) is 0 Å². The van der Waals surface area contributed by atoms with Crippen LogP contribution in [0.25, 0.3) is 11.0 Å². The van der Waals surface area contributed by atoms with Crippen molar-refractivity contribution in [3.63, 3.8) is 0 Å². The van der Waals surface area contributed by atoms with E-state index in [0.717, 1.165) is 11.0 Å². The lowest BCUT2D eigenvalue weighted by molar-refractivity contribution is -0.139. The summed E-state index contributed by atoms with van der Waals surface area (Å²) in [5, 5.41) is 15.2. The van der Waals surface area contributed by atoms with Gasteiger partial charge in [-0.25, -0.2) is 9.97 Å². The zero-order valence-corrected chi connectivity index (χ0v) is 11.7. The van der Waals surface area contributed by atoms with Gasteiger partial charge in [-0.15, -0.1) is 0 Å². The molecule has 2 heterocycles. The first kappa shape index (κ1) is 13.6. The molecule has 0 spiro atoms. The van der Waals surface area contributed by atoms with Gasteiger partial charge in [0.25, 0.3) is 0 Å². The molecular formula is C14H17N5O2. The Hall–Kier alpha value is -2.41. The van der Waals surface area contributed by atoms with Crippen molar-refractivity contribution in [2.45, 2.75) is 6.04 Å². The number of fused-ring (bicyclic) bond motifs is 1. The molecular weight excluding hydrogens is 270 g/mol. The Morgan fingerprint density at radius 3 is 2.76 bits per heavy atom. The number of hydrogen-bond acceptors (Lipinski definition) is 6. The average Bonchev–Trinajstić information content (AvgIpc) is 2.53. The summed E-state index contributed by atoms with van der Waals surface area (Å²) < 4.78 is 0. The fourth-order valence-corrected chi connectivity index (χ4v) is 2.49. The lowest BCUT2D eigenvalue weighted by Crippen LogP contribution is -2.54. The topological polar surface area (TPSA) is 90.4 Å². The van der Waals surface area contributed by atoms with Crippen LogP contribution < -0.4 is 15.5 Å². The van der Waals surface area contributed by atoms with Crippen LogP contribution in [0.3, 0.4) is 0 Å². The maximum absolute atomic E-state index is 11.2. The SMILES string of the molecule is CNc1nc2ccccc2nc1N1CCNC(C(=O)O)C1. The van der Waals surface area contributed by atoms with Gasteiger partial charge < -0.3 is 20.6 Å². The molecule has 1 aliphatic heterocycles. The third-order valence-corrected chi connectivity index (χ3v) is 3.56. The van der Waals surface area contributed by atoms with E-state index in [0.29, 0.717) is 31.3 Å². The van der Waals surface area contributed by atoms with Gasteiger partial charge in [-0.2, -0.15) is 0 Å². The summed E-state index contributed by atoms with van der Waals surface area (Å²) in [7, 11) is 1.79. The molecule has 1 aromatic carbocycles. The number of nitrogens with one attached hydrogen (secondary N) is 2. The van der Waals surface area contributed by atoms with Gasteiger partial charge in [-0.05, 0) is 12.1 Å². The van der Waals surface area contributed by atoms with Crippen LogP contribution >= 0.6 is 0 Å². The molecule has 1 fully saturated rings. The second kappa shape index (κ2) is 5.53. The number of aliphatic carboxylic acids is 1. The molecule has 1 unspecified atom stereocenters. The highest BCUT2D eigenvalue weighted by Crippen LogP contribution is 2.25. The second-order valence-electron chi connectivity index (χ2n) is 4.93. The second-order valence-corrected chi connectivity index (χ2v) is 4.93. The lowest BCUT2D eigenvalue weighted by Gasteiger charge is -2.33. The number of rotatable bonds is 3. The predicted molar refractivity (Wildman–Crippen MR) is 80.7 cm³/mol. The van der Waals surface area contributed by atoms with E-state index >= 15 is 0 Å². The van der Waals surface area contributed by atoms with Crippen LogP contribution in [0.2, 0.25) is 0 Å². The molecule has 2 aromatic rings. The number of nitrogens with zero attached hydrogens (tertiary/aromatic N) is 3. The predicted octanol–water partition coefficient (Wildman–Crippen LogP) is 0.534. The van der Waals surface area contributed by atoms with Gasteiger partial charge in [0, 0.05) is 26.7 Å². The van der Waals surface area contributed by atoms with E-state index in [1.54, 1.807) is 7.05 Å². The molecule has 3 N–H and O–H groups in total. The van der Waals surface area contributed by atoms with Crippen molar-refractivity contribution < 1.29 is 9.90 Å². The standard InChI is InChI=1S/C14H17N5O2/c1-15-12-13(18-10-5-3-2-4-9(10)17-12)19-7-6-16-11(8-19)14(20)21/h2-5,11,16H,6-8H2,1H3,(H,15,17)(H,20,21). The average molecular weight is 287 g/mol. The molecule has 3 rings (SSSR count). The van der Waals surface area contributed by atoms with Gasteiger partial charge in [0.05, 0.1) is 11.0 Å². The number of para-hydroxylation sites is 2. The number of hydrogen-bond donors (Lipinski definition) is 3. The van der Waals surface area contributed by atoms with E-state index < -0.39 is 12.0 Å². The Labute approximate surface area is 122 Å². The van der Waals surface area contributed by atoms with Gasteiger partial charge >= 0.3 is 5.97 Å². The third kappa shape index (κ3) is 2.59. The fraction of sp³-hybridized carbons (Fsp3) is 0.357. The Morgan fingerprint density at radius 1 is 1.38 bits per heavy atom. The molecule has 1 aliphatic rings. The molecule has 1 aromatic heterocycles. The Morgan fingerprint density at radius 2 is 2.10 bits per heavy atom. The van der Waals surface area contributed by atoms with Crippen molar-refractivity contribution in [1.82, 2.24) is 15.3 Å². The molecule has 0 saturated carbocycles. The third-order valence-electron chi connectivity index (χ3n) is 3.56. The fourth-order valence-electron chi connectivity index (χ4n) is 2.49. The summed E-state index contributed by atoms with van der Waals surface area (Å²) in [4.78, 5) is 22.3. The molecule has 0 bridgehead atoms. The first-order valence-electron chi connectivity index (χ1n) is 6.84. The minimum absolute atomic E-state index is 0.372. The number of benzene rings is 1.